The van der Waals surface area contributed by atoms with E-state index in [2.05, 4.69) is 110 Å². The number of unbranched alkanes of at least 4 members (excludes halogenated alkanes) is 7. The quantitative estimate of drug-likeness (QED) is 0.0633. The van der Waals surface area contributed by atoms with E-state index in [1.54, 1.807) is 28.7 Å². The lowest BCUT2D eigenvalue weighted by molar-refractivity contribution is -0.138. The van der Waals surface area contributed by atoms with Gasteiger partial charge in [0.25, 0.3) is 5.56 Å². The molecule has 3 atom stereocenters. The van der Waals surface area contributed by atoms with Crippen LogP contribution in [0.25, 0.3) is 26.3 Å². The first-order chi connectivity index (χ1) is 33.8. The molecule has 15 heteroatoms. The second-order valence-corrected chi connectivity index (χ2v) is 22.1. The van der Waals surface area contributed by atoms with Gasteiger partial charge >= 0.3 is 17.9 Å². The van der Waals surface area contributed by atoms with Crippen LogP contribution in [0.1, 0.15) is 106 Å². The predicted octanol–water partition coefficient (Wildman–Crippen LogP) is 10.9. The van der Waals surface area contributed by atoms with Crippen molar-refractivity contribution in [2.45, 2.75) is 115 Å². The minimum absolute atomic E-state index is 0.200. The van der Waals surface area contributed by atoms with Crippen LogP contribution in [0.4, 0.5) is 11.4 Å². The Morgan fingerprint density at radius 2 is 1.51 bits per heavy atom. The van der Waals surface area contributed by atoms with E-state index in [0.717, 1.165) is 61.4 Å². The molecular weight excluding hydrogens is 941 g/mol. The van der Waals surface area contributed by atoms with Crippen LogP contribution >= 0.6 is 34.4 Å². The fourth-order valence-corrected chi connectivity index (χ4v) is 13.4. The third kappa shape index (κ3) is 11.0. The first kappa shape index (κ1) is 50.1. The van der Waals surface area contributed by atoms with Crippen LogP contribution in [0.5, 0.6) is 5.75 Å². The maximum absolute atomic E-state index is 13.7. The minimum atomic E-state index is -1.71. The van der Waals surface area contributed by atoms with E-state index in [1.165, 1.54) is 90.2 Å². The molecule has 0 bridgehead atoms. The van der Waals surface area contributed by atoms with E-state index < -0.39 is 52.4 Å². The molecule has 0 fully saturated rings. The monoisotopic (exact) mass is 998 g/mol. The molecule has 70 heavy (non-hydrogen) atoms. The van der Waals surface area contributed by atoms with Crippen molar-refractivity contribution < 1.29 is 34.4 Å². The first-order valence-electron chi connectivity index (χ1n) is 24.0. The highest BCUT2D eigenvalue weighted by Crippen LogP contribution is 2.52. The van der Waals surface area contributed by atoms with Crippen LogP contribution in [0, 0.1) is 17.2 Å². The Morgan fingerprint density at radius 3 is 2.23 bits per heavy atom. The number of carbonyl (C=O) groups is 3. The van der Waals surface area contributed by atoms with Crippen molar-refractivity contribution >= 4 is 80.3 Å². The summed E-state index contributed by atoms with van der Waals surface area (Å²) in [4.78, 5) is 57.5. The number of nitrogens with zero attached hydrogens (tertiary/aromatic N) is 4. The summed E-state index contributed by atoms with van der Waals surface area (Å²) in [6.45, 7) is 5.41. The Labute approximate surface area is 419 Å². The summed E-state index contributed by atoms with van der Waals surface area (Å²) in [7, 11) is 0. The van der Waals surface area contributed by atoms with Crippen LogP contribution in [-0.2, 0) is 33.9 Å². The lowest BCUT2D eigenvalue weighted by Crippen LogP contribution is -2.38. The number of para-hydroxylation sites is 1. The van der Waals surface area contributed by atoms with E-state index in [0.29, 0.717) is 11.0 Å². The van der Waals surface area contributed by atoms with Crippen molar-refractivity contribution in [1.82, 2.24) is 9.13 Å². The van der Waals surface area contributed by atoms with E-state index in [4.69, 9.17) is 4.74 Å². The maximum Gasteiger partial charge on any atom is 0.350 e. The Bertz CT molecular complexity index is 3110. The number of carboxylic acids is 3. The molecule has 8 rings (SSSR count). The number of allylic oxidation sites excluding steroid dienone is 4. The molecule has 0 saturated heterocycles. The zero-order chi connectivity index (χ0) is 49.5. The topological polar surface area (TPSA) is 175 Å². The van der Waals surface area contributed by atoms with Crippen molar-refractivity contribution in [3.05, 3.63) is 139 Å². The van der Waals surface area contributed by atoms with Gasteiger partial charge in [-0.05, 0) is 116 Å². The fourth-order valence-electron chi connectivity index (χ4n) is 9.78. The van der Waals surface area contributed by atoms with Gasteiger partial charge in [0.05, 0.1) is 6.61 Å². The number of hydrogen-bond donors (Lipinski definition) is 3. The molecule has 2 aromatic carbocycles. The standard InChI is InChI=1S/C55H58N4O8S3/c1-4-5-6-7-8-9-10-13-30-67-38-19-17-37(18-20-38)59-42-15-12-11-14-36(42)16-21-39-35(2)40(22-23-43(39)59)45-24-25-46(68-45)47-26-27-48(69-47)49-28-29-55(3,70-49)31-44-53(64)58(34-51(62)63)52(41(32-56)54(65)66)57(44)33-50(60)61/h11-12,14-15,17-20,22-28,31,35,40H,4-10,13,16,21,29-30,33-34H2,1-3H3,(H,60,61)(H,62,63)(H,65,66)/b44-31+,52-41-. The lowest BCUT2D eigenvalue weighted by Gasteiger charge is -2.34. The Hall–Kier alpha value is -6.34. The minimum Gasteiger partial charge on any atom is -0.494 e. The highest BCUT2D eigenvalue weighted by molar-refractivity contribution is 8.10. The van der Waals surface area contributed by atoms with E-state index in [-0.39, 0.29) is 17.2 Å². The molecule has 12 nitrogen and oxygen atoms in total. The number of thiophene rings is 2. The van der Waals surface area contributed by atoms with E-state index in [1.807, 2.05) is 6.92 Å². The fraction of sp³-hybridized carbons (Fsp3) is 0.364. The number of ether oxygens (including phenoxy) is 1. The van der Waals surface area contributed by atoms with Gasteiger partial charge in [-0.1, -0.05) is 89.1 Å². The number of hydrogen-bond acceptors (Lipinski definition) is 10. The van der Waals surface area contributed by atoms with Gasteiger partial charge in [-0.15, -0.1) is 34.4 Å². The number of aliphatic carboxylic acids is 3. The summed E-state index contributed by atoms with van der Waals surface area (Å²) < 4.78 is 6.97. The Kier molecular flexibility index (Phi) is 15.9. The Balaban J connectivity index is 0.980. The average molecular weight is 999 g/mol. The van der Waals surface area contributed by atoms with Crippen molar-refractivity contribution in [2.75, 3.05) is 11.5 Å². The van der Waals surface area contributed by atoms with Crippen LogP contribution in [-0.4, -0.2) is 53.7 Å². The number of benzene rings is 2. The molecule has 5 aromatic rings. The summed E-state index contributed by atoms with van der Waals surface area (Å²) in [5, 5.41) is 38.6. The van der Waals surface area contributed by atoms with Gasteiger partial charge in [-0.3, -0.25) is 19.0 Å². The number of fused-ring (bicyclic) bond motifs is 1. The molecule has 3 N–H and O–H groups in total. The van der Waals surface area contributed by atoms with Crippen LogP contribution in [0.15, 0.2) is 107 Å². The van der Waals surface area contributed by atoms with Crippen molar-refractivity contribution in [3.63, 3.8) is 0 Å². The van der Waals surface area contributed by atoms with E-state index >= 15 is 0 Å². The second kappa shape index (κ2) is 22.2. The molecule has 3 unspecified atom stereocenters. The second-order valence-electron chi connectivity index (χ2n) is 18.3. The number of carboxylic acid groups (broad SMARTS) is 3. The average Bonchev–Trinajstić information content (AvgIpc) is 4.13. The molecule has 3 aromatic heterocycles. The largest absolute Gasteiger partial charge is 0.494 e. The van der Waals surface area contributed by atoms with Gasteiger partial charge in [0, 0.05) is 52.2 Å². The van der Waals surface area contributed by atoms with Gasteiger partial charge in [0.15, 0.2) is 5.57 Å². The molecule has 364 valence electrons. The third-order valence-corrected chi connectivity index (χ3v) is 17.3. The summed E-state index contributed by atoms with van der Waals surface area (Å²) in [6, 6.07) is 27.5. The molecule has 5 heterocycles. The van der Waals surface area contributed by atoms with Crippen LogP contribution in [0.2, 0.25) is 0 Å². The Morgan fingerprint density at radius 1 is 0.843 bits per heavy atom. The summed E-state index contributed by atoms with van der Waals surface area (Å²) >= 11 is 4.94. The van der Waals surface area contributed by atoms with Gasteiger partial charge in [0.2, 0.25) is 0 Å². The number of aryl methyl sites for hydroxylation is 1. The van der Waals surface area contributed by atoms with Crippen molar-refractivity contribution in [2.24, 2.45) is 5.92 Å². The van der Waals surface area contributed by atoms with E-state index in [9.17, 15) is 39.8 Å². The predicted molar refractivity (Wildman–Crippen MR) is 280 cm³/mol. The number of anilines is 2. The van der Waals surface area contributed by atoms with Crippen molar-refractivity contribution in [1.29, 1.82) is 5.26 Å². The zero-order valence-electron chi connectivity index (χ0n) is 39.7. The number of rotatable bonds is 20. The molecule has 0 spiro atoms. The molecule has 0 amide bonds. The maximum atomic E-state index is 13.7. The number of aromatic nitrogens is 2. The number of thioether (sulfide) groups is 1. The van der Waals surface area contributed by atoms with Gasteiger partial charge < -0.3 is 29.5 Å². The molecule has 1 aliphatic carbocycles. The SMILES string of the molecule is CCCCCCCCCCOc1ccc(N2C3=C(CCc4ccccc42)C(C)C(c2ccc(-c4ccc(C5=CCC(C)(/C=c6\c(=O)n(CC(=O)O)/c(=C(/C#N)C(=O)O)n6CC(=O)O)S5)s4)s2)C=C3)cc1. The molecule has 0 saturated carbocycles. The smallest absolute Gasteiger partial charge is 0.350 e. The molecule has 2 aliphatic heterocycles. The normalized spacial score (nSPS) is 19.3. The van der Waals surface area contributed by atoms with Gasteiger partial charge in [-0.25, -0.2) is 4.79 Å². The van der Waals surface area contributed by atoms with Gasteiger partial charge in [0.1, 0.15) is 35.7 Å². The molecular formula is C55H58N4O8S3. The lowest BCUT2D eigenvalue weighted by atomic mass is 9.79. The van der Waals surface area contributed by atoms with Crippen LogP contribution < -0.4 is 26.0 Å². The first-order valence-corrected chi connectivity index (χ1v) is 26.5. The zero-order valence-corrected chi connectivity index (χ0v) is 42.1. The number of nitriles is 1. The van der Waals surface area contributed by atoms with Crippen LogP contribution in [0.3, 0.4) is 0 Å². The summed E-state index contributed by atoms with van der Waals surface area (Å²) in [5.41, 5.74) is 3.91. The van der Waals surface area contributed by atoms with Crippen molar-refractivity contribution in [3.8, 4) is 21.6 Å². The highest BCUT2D eigenvalue weighted by atomic mass is 32.2. The third-order valence-electron chi connectivity index (χ3n) is 13.3. The molecule has 0 radical (unpaired) electrons. The highest BCUT2D eigenvalue weighted by Gasteiger charge is 2.34. The molecule has 3 aliphatic rings. The summed E-state index contributed by atoms with van der Waals surface area (Å²) in [5.74, 6) is -3.20. The summed E-state index contributed by atoms with van der Waals surface area (Å²) in [6.07, 6.45) is 20.8. The van der Waals surface area contributed by atoms with Gasteiger partial charge in [-0.2, -0.15) is 5.26 Å². The number of imidazole rings is 1.